The Morgan fingerprint density at radius 1 is 1.12 bits per heavy atom. The van der Waals surface area contributed by atoms with Gasteiger partial charge in [-0.25, -0.2) is 4.98 Å². The number of benzene rings is 1. The first-order valence-corrected chi connectivity index (χ1v) is 6.90. The third-order valence-corrected chi connectivity index (χ3v) is 3.46. The van der Waals surface area contributed by atoms with Crippen molar-refractivity contribution in [2.45, 2.75) is 12.6 Å². The van der Waals surface area contributed by atoms with Crippen molar-refractivity contribution >= 4 is 11.0 Å². The molecule has 0 aliphatic rings. The Morgan fingerprint density at radius 3 is 2.58 bits per heavy atom. The molecule has 0 saturated carbocycles. The highest BCUT2D eigenvalue weighted by Crippen LogP contribution is 2.36. The molecule has 0 spiro atoms. The number of rotatable bonds is 4. The first-order chi connectivity index (χ1) is 11.4. The highest BCUT2D eigenvalue weighted by Gasteiger charge is 2.38. The van der Waals surface area contributed by atoms with E-state index in [0.717, 1.165) is 11.0 Å². The standard InChI is InChI=1S/C15H13F3N4O2/c1-23-13-9(12(15(16,17)18)21-14(22-13)24-2)5-8-3-4-10-11(6-8)20-7-19-10/h3-4,6-7H,5H2,1-2H3,(H,19,20). The second kappa shape index (κ2) is 5.99. The predicted molar refractivity (Wildman–Crippen MR) is 79.0 cm³/mol. The lowest BCUT2D eigenvalue weighted by atomic mass is 10.0. The summed E-state index contributed by atoms with van der Waals surface area (Å²) in [6.45, 7) is 0. The minimum Gasteiger partial charge on any atom is -0.481 e. The van der Waals surface area contributed by atoms with Crippen molar-refractivity contribution in [3.05, 3.63) is 41.3 Å². The summed E-state index contributed by atoms with van der Waals surface area (Å²) in [5.41, 5.74) is 0.882. The average Bonchev–Trinajstić information content (AvgIpc) is 3.01. The first kappa shape index (κ1) is 16.0. The molecular weight excluding hydrogens is 325 g/mol. The molecule has 6 nitrogen and oxygen atoms in total. The summed E-state index contributed by atoms with van der Waals surface area (Å²) in [5.74, 6) is -0.168. The number of aromatic nitrogens is 4. The molecule has 0 radical (unpaired) electrons. The van der Waals surface area contributed by atoms with Crippen LogP contribution >= 0.6 is 0 Å². The second-order valence-corrected chi connectivity index (χ2v) is 4.98. The Balaban J connectivity index is 2.10. The summed E-state index contributed by atoms with van der Waals surface area (Å²) in [6.07, 6.45) is -3.18. The van der Waals surface area contributed by atoms with Crippen LogP contribution in [0, 0.1) is 0 Å². The molecule has 0 bridgehead atoms. The molecule has 1 aromatic carbocycles. The molecule has 2 aromatic heterocycles. The lowest BCUT2D eigenvalue weighted by molar-refractivity contribution is -0.142. The van der Waals surface area contributed by atoms with Gasteiger partial charge in [-0.2, -0.15) is 23.1 Å². The van der Waals surface area contributed by atoms with Crippen molar-refractivity contribution in [2.75, 3.05) is 14.2 Å². The number of halogens is 3. The van der Waals surface area contributed by atoms with Gasteiger partial charge in [0.15, 0.2) is 5.69 Å². The summed E-state index contributed by atoms with van der Waals surface area (Å²) in [4.78, 5) is 14.3. The van der Waals surface area contributed by atoms with E-state index in [1.165, 1.54) is 20.5 Å². The molecule has 0 atom stereocenters. The predicted octanol–water partition coefficient (Wildman–Crippen LogP) is 2.98. The van der Waals surface area contributed by atoms with Gasteiger partial charge in [0.25, 0.3) is 0 Å². The molecule has 2 heterocycles. The topological polar surface area (TPSA) is 72.9 Å². The lowest BCUT2D eigenvalue weighted by Gasteiger charge is -2.15. The Kier molecular flexibility index (Phi) is 4.00. The van der Waals surface area contributed by atoms with Crippen LogP contribution in [0.1, 0.15) is 16.8 Å². The Labute approximate surface area is 134 Å². The summed E-state index contributed by atoms with van der Waals surface area (Å²) < 4.78 is 49.9. The molecule has 0 amide bonds. The molecule has 1 N–H and O–H groups in total. The minimum absolute atomic E-state index is 0.0447. The van der Waals surface area contributed by atoms with Crippen LogP contribution in [-0.2, 0) is 12.6 Å². The fourth-order valence-corrected chi connectivity index (χ4v) is 2.39. The normalized spacial score (nSPS) is 11.7. The number of methoxy groups -OCH3 is 2. The van der Waals surface area contributed by atoms with Crippen molar-refractivity contribution in [3.8, 4) is 11.9 Å². The molecule has 0 unspecified atom stereocenters. The molecule has 0 saturated heterocycles. The van der Waals surface area contributed by atoms with Gasteiger partial charge in [0.05, 0.1) is 31.6 Å². The van der Waals surface area contributed by atoms with E-state index in [1.54, 1.807) is 18.2 Å². The first-order valence-electron chi connectivity index (χ1n) is 6.90. The molecule has 3 aromatic rings. The smallest absolute Gasteiger partial charge is 0.434 e. The fourth-order valence-electron chi connectivity index (χ4n) is 2.39. The molecule has 0 fully saturated rings. The number of alkyl halides is 3. The molecule has 9 heteroatoms. The average molecular weight is 338 g/mol. The molecule has 126 valence electrons. The number of aromatic amines is 1. The van der Waals surface area contributed by atoms with Gasteiger partial charge in [-0.15, -0.1) is 0 Å². The maximum absolute atomic E-state index is 13.4. The van der Waals surface area contributed by atoms with Gasteiger partial charge in [-0.3, -0.25) is 0 Å². The third-order valence-electron chi connectivity index (χ3n) is 3.46. The van der Waals surface area contributed by atoms with Crippen molar-refractivity contribution in [1.29, 1.82) is 0 Å². The minimum atomic E-state index is -4.66. The van der Waals surface area contributed by atoms with Crippen molar-refractivity contribution < 1.29 is 22.6 Å². The number of hydrogen-bond donors (Lipinski definition) is 1. The summed E-state index contributed by atoms with van der Waals surface area (Å²) in [6, 6.07) is 4.76. The number of nitrogens with one attached hydrogen (secondary N) is 1. The lowest BCUT2D eigenvalue weighted by Crippen LogP contribution is -2.15. The molecular formula is C15H13F3N4O2. The zero-order chi connectivity index (χ0) is 17.3. The van der Waals surface area contributed by atoms with Gasteiger partial charge in [0.1, 0.15) is 0 Å². The van der Waals surface area contributed by atoms with Crippen LogP contribution in [0.2, 0.25) is 0 Å². The Hall–Kier alpha value is -2.84. The Bertz CT molecular complexity index is 877. The molecule has 24 heavy (non-hydrogen) atoms. The van der Waals surface area contributed by atoms with E-state index in [9.17, 15) is 13.2 Å². The number of H-pyrrole nitrogens is 1. The number of fused-ring (bicyclic) bond motifs is 1. The maximum atomic E-state index is 13.4. The molecule has 3 rings (SSSR count). The molecule has 0 aliphatic heterocycles. The van der Waals surface area contributed by atoms with E-state index in [0.29, 0.717) is 5.56 Å². The Morgan fingerprint density at radius 2 is 1.92 bits per heavy atom. The number of nitrogens with zero attached hydrogens (tertiary/aromatic N) is 3. The van der Waals surface area contributed by atoms with Crippen molar-refractivity contribution in [1.82, 2.24) is 19.9 Å². The largest absolute Gasteiger partial charge is 0.481 e. The van der Waals surface area contributed by atoms with Crippen LogP contribution < -0.4 is 9.47 Å². The summed E-state index contributed by atoms with van der Waals surface area (Å²) in [5, 5.41) is 0. The number of hydrogen-bond acceptors (Lipinski definition) is 5. The SMILES string of the molecule is COc1nc(OC)c(Cc2ccc3nc[nH]c3c2)c(C(F)(F)F)n1. The van der Waals surface area contributed by atoms with E-state index < -0.39 is 17.9 Å². The van der Waals surface area contributed by atoms with E-state index in [-0.39, 0.29) is 17.9 Å². The number of imidazole rings is 1. The zero-order valence-electron chi connectivity index (χ0n) is 12.8. The summed E-state index contributed by atoms with van der Waals surface area (Å²) in [7, 11) is 2.45. The maximum Gasteiger partial charge on any atom is 0.434 e. The second-order valence-electron chi connectivity index (χ2n) is 4.98. The van der Waals surface area contributed by atoms with Gasteiger partial charge in [0, 0.05) is 12.0 Å². The van der Waals surface area contributed by atoms with E-state index in [1.807, 2.05) is 0 Å². The molecule has 0 aliphatic carbocycles. The summed E-state index contributed by atoms with van der Waals surface area (Å²) >= 11 is 0. The van der Waals surface area contributed by atoms with E-state index in [2.05, 4.69) is 19.9 Å². The van der Waals surface area contributed by atoms with Crippen molar-refractivity contribution in [3.63, 3.8) is 0 Å². The van der Waals surface area contributed by atoms with Crippen LogP contribution in [-0.4, -0.2) is 34.2 Å². The highest BCUT2D eigenvalue weighted by atomic mass is 19.4. The van der Waals surface area contributed by atoms with Crippen molar-refractivity contribution in [2.24, 2.45) is 0 Å². The monoisotopic (exact) mass is 338 g/mol. The van der Waals surface area contributed by atoms with Gasteiger partial charge < -0.3 is 14.5 Å². The van der Waals surface area contributed by atoms with Gasteiger partial charge >= 0.3 is 12.2 Å². The fraction of sp³-hybridized carbons (Fsp3) is 0.267. The zero-order valence-corrected chi connectivity index (χ0v) is 12.8. The van der Waals surface area contributed by atoms with Gasteiger partial charge in [-0.05, 0) is 17.7 Å². The van der Waals surface area contributed by atoms with Gasteiger partial charge in [0.2, 0.25) is 5.88 Å². The van der Waals surface area contributed by atoms with Crippen LogP contribution in [0.25, 0.3) is 11.0 Å². The van der Waals surface area contributed by atoms with Crippen LogP contribution in [0.5, 0.6) is 11.9 Å². The van der Waals surface area contributed by atoms with E-state index in [4.69, 9.17) is 9.47 Å². The number of ether oxygens (including phenoxy) is 2. The van der Waals surface area contributed by atoms with E-state index >= 15 is 0 Å². The highest BCUT2D eigenvalue weighted by molar-refractivity contribution is 5.75. The van der Waals surface area contributed by atoms with Crippen LogP contribution in [0.15, 0.2) is 24.5 Å². The van der Waals surface area contributed by atoms with Crippen LogP contribution in [0.4, 0.5) is 13.2 Å². The van der Waals surface area contributed by atoms with Crippen LogP contribution in [0.3, 0.4) is 0 Å². The van der Waals surface area contributed by atoms with Gasteiger partial charge in [-0.1, -0.05) is 6.07 Å². The third kappa shape index (κ3) is 2.97. The quantitative estimate of drug-likeness (QED) is 0.792.